The van der Waals surface area contributed by atoms with Crippen LogP contribution in [0, 0.1) is 13.8 Å². The van der Waals surface area contributed by atoms with Crippen molar-refractivity contribution >= 4 is 33.4 Å². The molecule has 0 fully saturated rings. The van der Waals surface area contributed by atoms with Crippen LogP contribution in [-0.4, -0.2) is 19.1 Å². The van der Waals surface area contributed by atoms with Crippen molar-refractivity contribution in [2.75, 3.05) is 13.2 Å². The topological polar surface area (TPSA) is 38.3 Å². The van der Waals surface area contributed by atoms with Crippen LogP contribution in [0.15, 0.2) is 10.5 Å². The van der Waals surface area contributed by atoms with Gasteiger partial charge in [-0.2, -0.15) is 0 Å². The highest BCUT2D eigenvalue weighted by Gasteiger charge is 2.12. The SMILES string of the molecule is CCCCNC(=O)COc1cc(C)c(Cl)c(C)c1Br. The molecule has 0 spiro atoms. The second-order valence-electron chi connectivity index (χ2n) is 4.44. The summed E-state index contributed by atoms with van der Waals surface area (Å²) >= 11 is 9.58. The van der Waals surface area contributed by atoms with Gasteiger partial charge < -0.3 is 10.1 Å². The van der Waals surface area contributed by atoms with Crippen LogP contribution in [0.25, 0.3) is 0 Å². The molecule has 1 aromatic carbocycles. The van der Waals surface area contributed by atoms with Gasteiger partial charge in [-0.3, -0.25) is 4.79 Å². The minimum atomic E-state index is -0.106. The van der Waals surface area contributed by atoms with Gasteiger partial charge in [-0.15, -0.1) is 0 Å². The van der Waals surface area contributed by atoms with Gasteiger partial charge in [-0.1, -0.05) is 24.9 Å². The average Bonchev–Trinajstić information content (AvgIpc) is 2.39. The van der Waals surface area contributed by atoms with Crippen LogP contribution in [0.2, 0.25) is 5.02 Å². The lowest BCUT2D eigenvalue weighted by Crippen LogP contribution is -2.29. The number of aryl methyl sites for hydroxylation is 1. The molecular weight excluding hydrogens is 330 g/mol. The van der Waals surface area contributed by atoms with E-state index < -0.39 is 0 Å². The molecule has 1 amide bonds. The lowest BCUT2D eigenvalue weighted by atomic mass is 10.1. The third kappa shape index (κ3) is 4.69. The number of carbonyl (C=O) groups excluding carboxylic acids is 1. The highest BCUT2D eigenvalue weighted by Crippen LogP contribution is 2.35. The van der Waals surface area contributed by atoms with Gasteiger partial charge >= 0.3 is 0 Å². The number of rotatable bonds is 6. The minimum Gasteiger partial charge on any atom is -0.483 e. The summed E-state index contributed by atoms with van der Waals surface area (Å²) < 4.78 is 6.32. The number of halogens is 2. The van der Waals surface area contributed by atoms with E-state index in [2.05, 4.69) is 28.2 Å². The van der Waals surface area contributed by atoms with E-state index in [1.165, 1.54) is 0 Å². The van der Waals surface area contributed by atoms with Crippen LogP contribution in [-0.2, 0) is 4.79 Å². The van der Waals surface area contributed by atoms with Crippen LogP contribution in [0.1, 0.15) is 30.9 Å². The second-order valence-corrected chi connectivity index (χ2v) is 5.61. The predicted molar refractivity (Wildman–Crippen MR) is 82.0 cm³/mol. The van der Waals surface area contributed by atoms with E-state index in [1.807, 2.05) is 19.9 Å². The molecule has 0 aliphatic heterocycles. The van der Waals surface area contributed by atoms with Crippen molar-refractivity contribution in [3.8, 4) is 5.75 Å². The molecule has 3 nitrogen and oxygen atoms in total. The second kappa shape index (κ2) is 7.75. The largest absolute Gasteiger partial charge is 0.483 e. The summed E-state index contributed by atoms with van der Waals surface area (Å²) in [5.74, 6) is 0.538. The van der Waals surface area contributed by atoms with Gasteiger partial charge in [-0.05, 0) is 53.4 Å². The standard InChI is InChI=1S/C14H19BrClNO2/c1-4-5-6-17-12(18)8-19-11-7-9(2)14(16)10(3)13(11)15/h7H,4-6,8H2,1-3H3,(H,17,18). The molecular formula is C14H19BrClNO2. The molecule has 0 heterocycles. The van der Waals surface area contributed by atoms with Crippen molar-refractivity contribution in [1.29, 1.82) is 0 Å². The Bertz CT molecular complexity index is 463. The van der Waals surface area contributed by atoms with E-state index in [-0.39, 0.29) is 12.5 Å². The first-order chi connectivity index (χ1) is 8.97. The fraction of sp³-hybridized carbons (Fsp3) is 0.500. The zero-order valence-corrected chi connectivity index (χ0v) is 13.8. The van der Waals surface area contributed by atoms with Crippen molar-refractivity contribution in [2.45, 2.75) is 33.6 Å². The summed E-state index contributed by atoms with van der Waals surface area (Å²) in [6.45, 7) is 6.62. The Morgan fingerprint density at radius 3 is 2.79 bits per heavy atom. The Morgan fingerprint density at radius 2 is 2.16 bits per heavy atom. The molecule has 0 atom stereocenters. The van der Waals surface area contributed by atoms with Gasteiger partial charge in [0.05, 0.1) is 4.47 Å². The third-order valence-corrected chi connectivity index (χ3v) is 4.35. The van der Waals surface area contributed by atoms with E-state index in [4.69, 9.17) is 16.3 Å². The van der Waals surface area contributed by atoms with Gasteiger partial charge in [0, 0.05) is 11.6 Å². The first-order valence-corrected chi connectivity index (χ1v) is 7.49. The Hall–Kier alpha value is -0.740. The number of unbranched alkanes of at least 4 members (excludes halogenated alkanes) is 1. The molecule has 19 heavy (non-hydrogen) atoms. The molecule has 0 saturated carbocycles. The summed E-state index contributed by atoms with van der Waals surface area (Å²) in [6.07, 6.45) is 2.04. The zero-order valence-electron chi connectivity index (χ0n) is 11.5. The molecule has 1 N–H and O–H groups in total. The zero-order chi connectivity index (χ0) is 14.4. The maximum atomic E-state index is 11.6. The number of benzene rings is 1. The van der Waals surface area contributed by atoms with Crippen molar-refractivity contribution in [3.63, 3.8) is 0 Å². The van der Waals surface area contributed by atoms with Crippen LogP contribution >= 0.6 is 27.5 Å². The Balaban J connectivity index is 2.61. The molecule has 106 valence electrons. The molecule has 5 heteroatoms. The highest BCUT2D eigenvalue weighted by molar-refractivity contribution is 9.10. The summed E-state index contributed by atoms with van der Waals surface area (Å²) in [7, 11) is 0. The minimum absolute atomic E-state index is 0.0167. The fourth-order valence-electron chi connectivity index (χ4n) is 1.60. The summed E-state index contributed by atoms with van der Waals surface area (Å²) in [6, 6.07) is 1.83. The summed E-state index contributed by atoms with van der Waals surface area (Å²) in [5.41, 5.74) is 1.85. The molecule has 0 unspecified atom stereocenters. The number of hydrogen-bond donors (Lipinski definition) is 1. The van der Waals surface area contributed by atoms with Crippen LogP contribution in [0.3, 0.4) is 0 Å². The van der Waals surface area contributed by atoms with Crippen LogP contribution in [0.5, 0.6) is 5.75 Å². The molecule has 1 rings (SSSR count). The van der Waals surface area contributed by atoms with Crippen LogP contribution in [0.4, 0.5) is 0 Å². The molecule has 0 radical (unpaired) electrons. The van der Waals surface area contributed by atoms with E-state index in [9.17, 15) is 4.79 Å². The van der Waals surface area contributed by atoms with E-state index in [1.54, 1.807) is 0 Å². The van der Waals surface area contributed by atoms with E-state index in [0.29, 0.717) is 17.3 Å². The van der Waals surface area contributed by atoms with Gasteiger partial charge in [-0.25, -0.2) is 0 Å². The van der Waals surface area contributed by atoms with Gasteiger partial charge in [0.15, 0.2) is 6.61 Å². The summed E-state index contributed by atoms with van der Waals surface area (Å²) in [5, 5.41) is 3.52. The quantitative estimate of drug-likeness (QED) is 0.789. The maximum Gasteiger partial charge on any atom is 0.257 e. The van der Waals surface area contributed by atoms with Crippen LogP contribution < -0.4 is 10.1 Å². The number of hydrogen-bond acceptors (Lipinski definition) is 2. The van der Waals surface area contributed by atoms with Gasteiger partial charge in [0.1, 0.15) is 5.75 Å². The predicted octanol–water partition coefficient (Wildman–Crippen LogP) is 4.01. The Labute approximate surface area is 127 Å². The molecule has 0 aliphatic carbocycles. The van der Waals surface area contributed by atoms with Crippen molar-refractivity contribution in [1.82, 2.24) is 5.32 Å². The first kappa shape index (κ1) is 16.3. The molecule has 1 aromatic rings. The number of amides is 1. The lowest BCUT2D eigenvalue weighted by molar-refractivity contribution is -0.123. The van der Waals surface area contributed by atoms with Gasteiger partial charge in [0.2, 0.25) is 0 Å². The third-order valence-electron chi connectivity index (χ3n) is 2.78. The monoisotopic (exact) mass is 347 g/mol. The van der Waals surface area contributed by atoms with Gasteiger partial charge in [0.25, 0.3) is 5.91 Å². The normalized spacial score (nSPS) is 10.4. The van der Waals surface area contributed by atoms with Crippen molar-refractivity contribution in [3.05, 3.63) is 26.7 Å². The van der Waals surface area contributed by atoms with Crippen molar-refractivity contribution < 1.29 is 9.53 Å². The molecule has 0 saturated heterocycles. The van der Waals surface area contributed by atoms with Crippen molar-refractivity contribution in [2.24, 2.45) is 0 Å². The number of nitrogens with one attached hydrogen (secondary N) is 1. The summed E-state index contributed by atoms with van der Waals surface area (Å²) in [4.78, 5) is 11.6. The fourth-order valence-corrected chi connectivity index (χ4v) is 2.29. The smallest absolute Gasteiger partial charge is 0.257 e. The Kier molecular flexibility index (Phi) is 6.66. The highest BCUT2D eigenvalue weighted by atomic mass is 79.9. The molecule has 0 aliphatic rings. The van der Waals surface area contributed by atoms with E-state index >= 15 is 0 Å². The Morgan fingerprint density at radius 1 is 1.47 bits per heavy atom. The average molecular weight is 349 g/mol. The molecule has 0 aromatic heterocycles. The first-order valence-electron chi connectivity index (χ1n) is 6.32. The molecule has 0 bridgehead atoms. The maximum absolute atomic E-state index is 11.6. The number of carbonyl (C=O) groups is 1. The van der Waals surface area contributed by atoms with E-state index in [0.717, 1.165) is 28.4 Å². The lowest BCUT2D eigenvalue weighted by Gasteiger charge is -2.13. The number of ether oxygens (including phenoxy) is 1.